The summed E-state index contributed by atoms with van der Waals surface area (Å²) in [6.07, 6.45) is 1.53. The predicted octanol–water partition coefficient (Wildman–Crippen LogP) is 5.34. The van der Waals surface area contributed by atoms with Gasteiger partial charge in [-0.1, -0.05) is 48.0 Å². The highest BCUT2D eigenvalue weighted by molar-refractivity contribution is 8.18. The minimum atomic E-state index is -0.560. The number of ether oxygens (including phenoxy) is 3. The van der Waals surface area contributed by atoms with Gasteiger partial charge in [-0.25, -0.2) is 4.79 Å². The van der Waals surface area contributed by atoms with Crippen LogP contribution in [0, 0.1) is 6.92 Å². The topological polar surface area (TPSA) is 82.1 Å². The molecule has 3 aromatic carbocycles. The first-order chi connectivity index (χ1) is 17.0. The summed E-state index contributed by atoms with van der Waals surface area (Å²) in [4.78, 5) is 39.5. The van der Waals surface area contributed by atoms with Gasteiger partial charge in [-0.15, -0.1) is 0 Å². The number of rotatable bonds is 8. The van der Waals surface area contributed by atoms with Gasteiger partial charge in [-0.3, -0.25) is 14.5 Å². The molecule has 0 atom stereocenters. The van der Waals surface area contributed by atoms with E-state index in [0.717, 1.165) is 22.2 Å². The normalized spacial score (nSPS) is 14.3. The van der Waals surface area contributed by atoms with E-state index >= 15 is 0 Å². The maximum atomic E-state index is 12.9. The molecule has 178 valence electrons. The lowest BCUT2D eigenvalue weighted by Gasteiger charge is -2.13. The molecule has 1 aliphatic heterocycles. The Balaban J connectivity index is 1.52. The summed E-state index contributed by atoms with van der Waals surface area (Å²) in [5.74, 6) is 0.159. The maximum absolute atomic E-state index is 12.9. The highest BCUT2D eigenvalue weighted by Crippen LogP contribution is 2.37. The Morgan fingerprint density at radius 1 is 0.971 bits per heavy atom. The highest BCUT2D eigenvalue weighted by Gasteiger charge is 2.35. The van der Waals surface area contributed by atoms with Crippen LogP contribution in [0.15, 0.2) is 77.7 Å². The average molecular weight is 490 g/mol. The molecule has 1 fully saturated rings. The van der Waals surface area contributed by atoms with Gasteiger partial charge in [-0.05, 0) is 55.1 Å². The van der Waals surface area contributed by atoms with E-state index in [9.17, 15) is 14.4 Å². The zero-order chi connectivity index (χ0) is 24.8. The third-order valence-corrected chi connectivity index (χ3v) is 6.11. The lowest BCUT2D eigenvalue weighted by atomic mass is 10.1. The second-order valence-electron chi connectivity index (χ2n) is 7.63. The van der Waals surface area contributed by atoms with E-state index in [1.165, 1.54) is 13.2 Å². The fourth-order valence-electron chi connectivity index (χ4n) is 3.36. The van der Waals surface area contributed by atoms with Crippen molar-refractivity contribution in [3.8, 4) is 17.2 Å². The van der Waals surface area contributed by atoms with Crippen molar-refractivity contribution in [1.29, 1.82) is 0 Å². The van der Waals surface area contributed by atoms with Gasteiger partial charge in [0.25, 0.3) is 11.1 Å². The summed E-state index contributed by atoms with van der Waals surface area (Å²) >= 11 is 0.824. The van der Waals surface area contributed by atoms with E-state index in [0.29, 0.717) is 22.6 Å². The van der Waals surface area contributed by atoms with Crippen LogP contribution < -0.4 is 14.2 Å². The molecule has 8 heteroatoms. The van der Waals surface area contributed by atoms with Crippen LogP contribution in [-0.4, -0.2) is 42.3 Å². The van der Waals surface area contributed by atoms with E-state index in [2.05, 4.69) is 0 Å². The molecule has 0 N–H and O–H groups in total. The van der Waals surface area contributed by atoms with Crippen LogP contribution in [0.1, 0.15) is 21.5 Å². The van der Waals surface area contributed by atoms with Gasteiger partial charge in [-0.2, -0.15) is 0 Å². The van der Waals surface area contributed by atoms with Crippen LogP contribution >= 0.6 is 11.8 Å². The predicted molar refractivity (Wildman–Crippen MR) is 134 cm³/mol. The molecular formula is C27H23NO6S. The van der Waals surface area contributed by atoms with Gasteiger partial charge < -0.3 is 14.2 Å². The first-order valence-corrected chi connectivity index (χ1v) is 11.7. The number of aryl methyl sites for hydroxylation is 1. The highest BCUT2D eigenvalue weighted by atomic mass is 32.2. The van der Waals surface area contributed by atoms with E-state index in [1.54, 1.807) is 42.5 Å². The summed E-state index contributed by atoms with van der Waals surface area (Å²) in [7, 11) is 1.46. The largest absolute Gasteiger partial charge is 0.493 e. The van der Waals surface area contributed by atoms with Crippen LogP contribution in [0.3, 0.4) is 0 Å². The molecule has 0 radical (unpaired) electrons. The summed E-state index contributed by atoms with van der Waals surface area (Å²) < 4.78 is 16.6. The van der Waals surface area contributed by atoms with Gasteiger partial charge in [0.15, 0.2) is 11.5 Å². The summed E-state index contributed by atoms with van der Waals surface area (Å²) in [5, 5.41) is -0.390. The monoisotopic (exact) mass is 489 g/mol. The number of hydrogen-bond donors (Lipinski definition) is 0. The molecule has 3 aromatic rings. The number of thioether (sulfide) groups is 1. The molecule has 7 nitrogen and oxygen atoms in total. The fraction of sp³-hybridized carbons (Fsp3) is 0.148. The van der Waals surface area contributed by atoms with Crippen LogP contribution in [0.2, 0.25) is 0 Å². The number of carbonyl (C=O) groups is 3. The first-order valence-electron chi connectivity index (χ1n) is 10.9. The summed E-state index contributed by atoms with van der Waals surface area (Å²) in [5.41, 5.74) is 1.84. The Kier molecular flexibility index (Phi) is 7.52. The van der Waals surface area contributed by atoms with Gasteiger partial charge >= 0.3 is 5.97 Å². The summed E-state index contributed by atoms with van der Waals surface area (Å²) in [6, 6.07) is 21.2. The van der Waals surface area contributed by atoms with Gasteiger partial charge in [0.1, 0.15) is 12.4 Å². The third-order valence-electron chi connectivity index (χ3n) is 5.20. The average Bonchev–Trinajstić information content (AvgIpc) is 3.13. The molecule has 1 saturated heterocycles. The number of carbonyl (C=O) groups excluding carboxylic acids is 3. The SMILES string of the molecule is COc1cccc(/C=C2\SC(=O)N(CCOc3ccccc3)C2=O)c1OC(=O)c1ccc(C)cc1. The number of para-hydroxylation sites is 2. The van der Waals surface area contributed by atoms with E-state index in [4.69, 9.17) is 14.2 Å². The molecule has 0 spiro atoms. The smallest absolute Gasteiger partial charge is 0.343 e. The van der Waals surface area contributed by atoms with E-state index < -0.39 is 11.9 Å². The summed E-state index contributed by atoms with van der Waals surface area (Å²) in [6.45, 7) is 2.21. The van der Waals surface area contributed by atoms with Crippen molar-refractivity contribution in [2.24, 2.45) is 0 Å². The number of benzene rings is 3. The number of esters is 1. The van der Waals surface area contributed by atoms with Crippen molar-refractivity contribution in [2.75, 3.05) is 20.3 Å². The number of imide groups is 1. The fourth-order valence-corrected chi connectivity index (χ4v) is 4.22. The lowest BCUT2D eigenvalue weighted by molar-refractivity contribution is -0.123. The molecule has 1 heterocycles. The van der Waals surface area contributed by atoms with Crippen LogP contribution in [-0.2, 0) is 4.79 Å². The van der Waals surface area contributed by atoms with Crippen LogP contribution in [0.5, 0.6) is 17.2 Å². The number of methoxy groups -OCH3 is 1. The Bertz CT molecular complexity index is 1270. The lowest BCUT2D eigenvalue weighted by Crippen LogP contribution is -2.32. The van der Waals surface area contributed by atoms with Crippen molar-refractivity contribution in [1.82, 2.24) is 4.90 Å². The molecule has 1 aliphatic rings. The molecule has 0 aliphatic carbocycles. The van der Waals surface area contributed by atoms with Crippen molar-refractivity contribution in [3.63, 3.8) is 0 Å². The molecule has 0 unspecified atom stereocenters. The van der Waals surface area contributed by atoms with E-state index in [-0.39, 0.29) is 29.0 Å². The Labute approximate surface area is 207 Å². The van der Waals surface area contributed by atoms with Gasteiger partial charge in [0.2, 0.25) is 0 Å². The molecular weight excluding hydrogens is 466 g/mol. The van der Waals surface area contributed by atoms with Crippen molar-refractivity contribution in [2.45, 2.75) is 6.92 Å². The first kappa shape index (κ1) is 24.1. The third kappa shape index (κ3) is 5.73. The maximum Gasteiger partial charge on any atom is 0.343 e. The van der Waals surface area contributed by atoms with Crippen molar-refractivity contribution >= 4 is 35.0 Å². The minimum absolute atomic E-state index is 0.115. The molecule has 0 bridgehead atoms. The number of nitrogens with zero attached hydrogens (tertiary/aromatic N) is 1. The molecule has 0 saturated carbocycles. The van der Waals surface area contributed by atoms with Crippen LogP contribution in [0.4, 0.5) is 4.79 Å². The van der Waals surface area contributed by atoms with Gasteiger partial charge in [0, 0.05) is 5.56 Å². The van der Waals surface area contributed by atoms with E-state index in [1.807, 2.05) is 37.3 Å². The minimum Gasteiger partial charge on any atom is -0.493 e. The van der Waals surface area contributed by atoms with Crippen LogP contribution in [0.25, 0.3) is 6.08 Å². The standard InChI is InChI=1S/C27H23NO6S/c1-18-11-13-19(14-12-18)26(30)34-24-20(7-6-10-22(24)32-2)17-23-25(29)28(27(31)35-23)15-16-33-21-8-4-3-5-9-21/h3-14,17H,15-16H2,1-2H3/b23-17-. The quantitative estimate of drug-likeness (QED) is 0.240. The van der Waals surface area contributed by atoms with Crippen molar-refractivity contribution in [3.05, 3.63) is 94.4 Å². The Hall–Kier alpha value is -4.04. The Morgan fingerprint density at radius 2 is 1.71 bits per heavy atom. The second-order valence-corrected chi connectivity index (χ2v) is 8.62. The zero-order valence-corrected chi connectivity index (χ0v) is 20.0. The second kappa shape index (κ2) is 10.9. The molecule has 35 heavy (non-hydrogen) atoms. The number of hydrogen-bond acceptors (Lipinski definition) is 7. The molecule has 4 rings (SSSR count). The van der Waals surface area contributed by atoms with Crippen molar-refractivity contribution < 1.29 is 28.6 Å². The molecule has 2 amide bonds. The van der Waals surface area contributed by atoms with Gasteiger partial charge in [0.05, 0.1) is 24.1 Å². The zero-order valence-electron chi connectivity index (χ0n) is 19.2. The number of amides is 2. The Morgan fingerprint density at radius 3 is 2.43 bits per heavy atom. The molecule has 0 aromatic heterocycles.